The van der Waals surface area contributed by atoms with E-state index in [9.17, 15) is 4.79 Å². The van der Waals surface area contributed by atoms with Crippen molar-refractivity contribution in [1.82, 2.24) is 15.1 Å². The monoisotopic (exact) mass is 298 g/mol. The van der Waals surface area contributed by atoms with E-state index in [1.54, 1.807) is 11.8 Å². The van der Waals surface area contributed by atoms with Crippen LogP contribution in [0.2, 0.25) is 0 Å². The fourth-order valence-corrected chi connectivity index (χ4v) is 2.03. The molecule has 0 aliphatic rings. The summed E-state index contributed by atoms with van der Waals surface area (Å²) in [4.78, 5) is 11.6. The van der Waals surface area contributed by atoms with Crippen molar-refractivity contribution in [2.24, 2.45) is 12.8 Å². The maximum atomic E-state index is 11.6. The average molecular weight is 298 g/mol. The van der Waals surface area contributed by atoms with Crippen LogP contribution in [0.15, 0.2) is 0 Å². The molecule has 0 aliphatic heterocycles. The van der Waals surface area contributed by atoms with Crippen molar-refractivity contribution in [1.29, 1.82) is 0 Å². The van der Waals surface area contributed by atoms with Crippen LogP contribution in [0, 0.1) is 6.92 Å². The predicted octanol–water partition coefficient (Wildman–Crippen LogP) is 1.13. The highest BCUT2D eigenvalue weighted by Crippen LogP contribution is 2.21. The number of aromatic nitrogens is 2. The fraction of sp³-hybridized carbons (Fsp3) is 0.714. The molecule has 0 fully saturated rings. The largest absolute Gasteiger partial charge is 0.481 e. The Balaban J connectivity index is 2.55. The number of nitrogens with one attached hydrogen (secondary N) is 1. The third-order valence-electron chi connectivity index (χ3n) is 2.86. The van der Waals surface area contributed by atoms with Crippen molar-refractivity contribution in [3.05, 3.63) is 11.3 Å². The molecular weight excluding hydrogens is 272 g/mol. The summed E-state index contributed by atoms with van der Waals surface area (Å²) in [6, 6.07) is -0.241. The maximum absolute atomic E-state index is 11.6. The number of hydrogen-bond donors (Lipinski definition) is 2. The Hall–Kier alpha value is -1.76. The lowest BCUT2D eigenvalue weighted by Gasteiger charge is -2.20. The van der Waals surface area contributed by atoms with Gasteiger partial charge in [-0.2, -0.15) is 5.10 Å². The van der Waals surface area contributed by atoms with Crippen LogP contribution in [-0.4, -0.2) is 41.2 Å². The van der Waals surface area contributed by atoms with Crippen molar-refractivity contribution < 1.29 is 14.3 Å². The quantitative estimate of drug-likeness (QED) is 0.850. The Morgan fingerprint density at radius 3 is 2.62 bits per heavy atom. The Morgan fingerprint density at radius 1 is 1.48 bits per heavy atom. The molecule has 7 nitrogen and oxygen atoms in total. The van der Waals surface area contributed by atoms with Crippen LogP contribution in [0.1, 0.15) is 32.0 Å². The first-order valence-electron chi connectivity index (χ1n) is 6.93. The lowest BCUT2D eigenvalue weighted by molar-refractivity contribution is 0.0524. The van der Waals surface area contributed by atoms with E-state index in [0.29, 0.717) is 18.8 Å². The second-order valence-electron chi connectivity index (χ2n) is 6.04. The predicted molar refractivity (Wildman–Crippen MR) is 80.4 cm³/mol. The van der Waals surface area contributed by atoms with Crippen LogP contribution in [0.3, 0.4) is 0 Å². The zero-order valence-electron chi connectivity index (χ0n) is 13.7. The highest BCUT2D eigenvalue weighted by atomic mass is 16.6. The zero-order valence-corrected chi connectivity index (χ0v) is 13.7. The molecule has 1 amide bonds. The molecule has 0 bridgehead atoms. The minimum atomic E-state index is -0.517. The first-order chi connectivity index (χ1) is 9.64. The van der Waals surface area contributed by atoms with Gasteiger partial charge in [-0.3, -0.25) is 0 Å². The molecular formula is C14H26N4O3. The molecule has 0 saturated carbocycles. The summed E-state index contributed by atoms with van der Waals surface area (Å²) in [5, 5.41) is 6.97. The molecule has 1 atom stereocenters. The third kappa shape index (κ3) is 5.26. The van der Waals surface area contributed by atoms with Crippen molar-refractivity contribution in [2.45, 2.75) is 45.8 Å². The number of ether oxygens (including phenoxy) is 2. The lowest BCUT2D eigenvalue weighted by Crippen LogP contribution is -2.41. The van der Waals surface area contributed by atoms with Crippen LogP contribution in [0.25, 0.3) is 0 Å². The first-order valence-corrected chi connectivity index (χ1v) is 6.93. The molecule has 1 rings (SSSR count). The SMILES string of the molecule is COc1c(CC(N)CNC(=O)OC(C)(C)C)c(C)nn1C. The average Bonchev–Trinajstić information content (AvgIpc) is 2.59. The highest BCUT2D eigenvalue weighted by Gasteiger charge is 2.19. The van der Waals surface area contributed by atoms with Crippen LogP contribution in [-0.2, 0) is 18.2 Å². The van der Waals surface area contributed by atoms with Gasteiger partial charge in [-0.05, 0) is 34.1 Å². The molecule has 0 spiro atoms. The standard InChI is InChI=1S/C14H26N4O3/c1-9-11(12(20-6)18(5)17-9)7-10(15)8-16-13(19)21-14(2,3)4/h10H,7-8,15H2,1-6H3,(H,16,19). The summed E-state index contributed by atoms with van der Waals surface area (Å²) >= 11 is 0. The number of nitrogens with two attached hydrogens (primary N) is 1. The van der Waals surface area contributed by atoms with E-state index in [-0.39, 0.29) is 6.04 Å². The number of rotatable bonds is 5. The summed E-state index contributed by atoms with van der Waals surface area (Å²) < 4.78 is 12.2. The van der Waals surface area contributed by atoms with Gasteiger partial charge in [0, 0.05) is 25.2 Å². The second kappa shape index (κ2) is 6.80. The van der Waals surface area contributed by atoms with Crippen molar-refractivity contribution in [3.8, 4) is 5.88 Å². The first kappa shape index (κ1) is 17.3. The van der Waals surface area contributed by atoms with Gasteiger partial charge in [0.05, 0.1) is 12.8 Å². The van der Waals surface area contributed by atoms with E-state index in [2.05, 4.69) is 10.4 Å². The molecule has 0 saturated heterocycles. The van der Waals surface area contributed by atoms with E-state index in [1.165, 1.54) is 0 Å². The zero-order chi connectivity index (χ0) is 16.2. The van der Waals surface area contributed by atoms with Crippen molar-refractivity contribution in [3.63, 3.8) is 0 Å². The summed E-state index contributed by atoms with van der Waals surface area (Å²) in [5.74, 6) is 0.695. The van der Waals surface area contributed by atoms with Gasteiger partial charge < -0.3 is 20.5 Å². The second-order valence-corrected chi connectivity index (χ2v) is 6.04. The Kier molecular flexibility index (Phi) is 5.60. The number of nitrogens with zero attached hydrogens (tertiary/aromatic N) is 2. The molecule has 1 heterocycles. The highest BCUT2D eigenvalue weighted by molar-refractivity contribution is 5.67. The number of aryl methyl sites for hydroxylation is 2. The van der Waals surface area contributed by atoms with Crippen molar-refractivity contribution in [2.75, 3.05) is 13.7 Å². The van der Waals surface area contributed by atoms with Crippen LogP contribution in [0.4, 0.5) is 4.79 Å². The smallest absolute Gasteiger partial charge is 0.407 e. The number of amides is 1. The number of alkyl carbamates (subject to hydrolysis) is 1. The van der Waals surface area contributed by atoms with E-state index in [1.807, 2.05) is 34.7 Å². The van der Waals surface area contributed by atoms with Gasteiger partial charge in [-0.15, -0.1) is 0 Å². The molecule has 21 heavy (non-hydrogen) atoms. The van der Waals surface area contributed by atoms with Gasteiger partial charge in [0.1, 0.15) is 5.60 Å². The molecule has 0 aliphatic carbocycles. The molecule has 1 unspecified atom stereocenters. The van der Waals surface area contributed by atoms with Gasteiger partial charge in [0.2, 0.25) is 5.88 Å². The minimum Gasteiger partial charge on any atom is -0.481 e. The molecule has 0 aromatic carbocycles. The maximum Gasteiger partial charge on any atom is 0.407 e. The van der Waals surface area contributed by atoms with Gasteiger partial charge >= 0.3 is 6.09 Å². The topological polar surface area (TPSA) is 91.4 Å². The Bertz CT molecular complexity index is 491. The van der Waals surface area contributed by atoms with Gasteiger partial charge in [0.15, 0.2) is 0 Å². The summed E-state index contributed by atoms with van der Waals surface area (Å²) in [6.07, 6.45) is 0.103. The molecule has 120 valence electrons. The lowest BCUT2D eigenvalue weighted by atomic mass is 10.1. The van der Waals surface area contributed by atoms with Crippen LogP contribution >= 0.6 is 0 Å². The summed E-state index contributed by atoms with van der Waals surface area (Å²) in [6.45, 7) is 7.68. The summed E-state index contributed by atoms with van der Waals surface area (Å²) in [7, 11) is 3.42. The molecule has 7 heteroatoms. The van der Waals surface area contributed by atoms with E-state index in [0.717, 1.165) is 11.3 Å². The van der Waals surface area contributed by atoms with Crippen LogP contribution < -0.4 is 15.8 Å². The molecule has 3 N–H and O–H groups in total. The minimum absolute atomic E-state index is 0.241. The van der Waals surface area contributed by atoms with Crippen molar-refractivity contribution >= 4 is 6.09 Å². The molecule has 0 radical (unpaired) electrons. The number of methoxy groups -OCH3 is 1. The van der Waals surface area contributed by atoms with Gasteiger partial charge in [0.25, 0.3) is 0 Å². The number of carbonyl (C=O) groups excluding carboxylic acids is 1. The molecule has 1 aromatic rings. The van der Waals surface area contributed by atoms with E-state index in [4.69, 9.17) is 15.2 Å². The number of carbonyl (C=O) groups is 1. The Labute approximate surface area is 125 Å². The van der Waals surface area contributed by atoms with Gasteiger partial charge in [-0.25, -0.2) is 9.48 Å². The molecule has 1 aromatic heterocycles. The fourth-order valence-electron chi connectivity index (χ4n) is 2.03. The van der Waals surface area contributed by atoms with E-state index >= 15 is 0 Å². The normalized spacial score (nSPS) is 12.9. The Morgan fingerprint density at radius 2 is 2.10 bits per heavy atom. The summed E-state index contributed by atoms with van der Waals surface area (Å²) in [5.41, 5.74) is 7.37. The van der Waals surface area contributed by atoms with Crippen LogP contribution in [0.5, 0.6) is 5.88 Å². The third-order valence-corrected chi connectivity index (χ3v) is 2.86. The number of hydrogen-bond acceptors (Lipinski definition) is 5. The van der Waals surface area contributed by atoms with E-state index < -0.39 is 11.7 Å². The van der Waals surface area contributed by atoms with Gasteiger partial charge in [-0.1, -0.05) is 0 Å².